The van der Waals surface area contributed by atoms with Crippen LogP contribution < -0.4 is 5.56 Å². The summed E-state index contributed by atoms with van der Waals surface area (Å²) in [5.74, 6) is 0. The second-order valence-corrected chi connectivity index (χ2v) is 4.80. The van der Waals surface area contributed by atoms with E-state index in [0.29, 0.717) is 11.2 Å². The van der Waals surface area contributed by atoms with Gasteiger partial charge in [-0.05, 0) is 18.6 Å². The fraction of sp³-hybridized carbons (Fsp3) is 0.0667. The van der Waals surface area contributed by atoms with Crippen LogP contribution in [0, 0.1) is 6.92 Å². The van der Waals surface area contributed by atoms with Gasteiger partial charge < -0.3 is 4.98 Å². The second kappa shape index (κ2) is 4.24. The molecule has 3 aromatic heterocycles. The Labute approximate surface area is 119 Å². The van der Waals surface area contributed by atoms with Crippen molar-refractivity contribution >= 4 is 16.7 Å². The van der Waals surface area contributed by atoms with E-state index in [1.54, 1.807) is 16.8 Å². The van der Waals surface area contributed by atoms with E-state index in [9.17, 15) is 4.79 Å². The first kappa shape index (κ1) is 11.8. The van der Waals surface area contributed by atoms with Gasteiger partial charge in [-0.15, -0.1) is 10.2 Å². The minimum Gasteiger partial charge on any atom is -0.327 e. The predicted octanol–water partition coefficient (Wildman–Crippen LogP) is 1.94. The Kier molecular flexibility index (Phi) is 2.38. The molecule has 0 amide bonds. The molecule has 0 bridgehead atoms. The monoisotopic (exact) mass is 277 g/mol. The number of fused-ring (bicyclic) bond motifs is 3. The van der Waals surface area contributed by atoms with Gasteiger partial charge in [0.1, 0.15) is 5.52 Å². The number of hydrogen-bond acceptors (Lipinski definition) is 4. The largest absolute Gasteiger partial charge is 0.327 e. The van der Waals surface area contributed by atoms with E-state index in [-0.39, 0.29) is 11.1 Å². The van der Waals surface area contributed by atoms with Crippen molar-refractivity contribution in [1.29, 1.82) is 0 Å². The van der Waals surface area contributed by atoms with Gasteiger partial charge >= 0.3 is 0 Å². The first-order valence-corrected chi connectivity index (χ1v) is 6.54. The summed E-state index contributed by atoms with van der Waals surface area (Å²) in [6.45, 7) is 1.93. The smallest absolute Gasteiger partial charge is 0.277 e. The van der Waals surface area contributed by atoms with Crippen molar-refractivity contribution in [3.63, 3.8) is 0 Å². The van der Waals surface area contributed by atoms with Crippen LogP contribution in [0.1, 0.15) is 5.69 Å². The average Bonchev–Trinajstić information content (AvgIpc) is 2.85. The Bertz CT molecular complexity index is 1020. The summed E-state index contributed by atoms with van der Waals surface area (Å²) in [6, 6.07) is 11.7. The van der Waals surface area contributed by atoms with Crippen molar-refractivity contribution < 1.29 is 0 Å². The standard InChI is InChI=1S/C15H11N5O/c1-9-12(10-5-3-2-4-6-10)14-18-17-13-11(20(14)19-9)7-8-16-15(13)21/h2-8H,1H3,(H,16,21). The topological polar surface area (TPSA) is 75.9 Å². The van der Waals surface area contributed by atoms with Crippen LogP contribution >= 0.6 is 0 Å². The van der Waals surface area contributed by atoms with E-state index in [1.165, 1.54) is 0 Å². The summed E-state index contributed by atoms with van der Waals surface area (Å²) in [6.07, 6.45) is 1.59. The third-order valence-corrected chi connectivity index (χ3v) is 3.48. The molecule has 4 rings (SSSR count). The highest BCUT2D eigenvalue weighted by Gasteiger charge is 2.16. The van der Waals surface area contributed by atoms with Gasteiger partial charge in [-0.3, -0.25) is 4.79 Å². The van der Waals surface area contributed by atoms with Crippen LogP contribution in [0.25, 0.3) is 27.8 Å². The lowest BCUT2D eigenvalue weighted by atomic mass is 10.1. The number of benzene rings is 1. The summed E-state index contributed by atoms with van der Waals surface area (Å²) >= 11 is 0. The molecule has 0 fully saturated rings. The first-order chi connectivity index (χ1) is 10.3. The van der Waals surface area contributed by atoms with E-state index in [1.807, 2.05) is 37.3 Å². The number of nitrogens with one attached hydrogen (secondary N) is 1. The normalized spacial score (nSPS) is 11.3. The predicted molar refractivity (Wildman–Crippen MR) is 79.1 cm³/mol. The molecule has 1 aromatic carbocycles. The van der Waals surface area contributed by atoms with E-state index in [2.05, 4.69) is 20.3 Å². The maximum atomic E-state index is 11.8. The Morgan fingerprint density at radius 3 is 2.71 bits per heavy atom. The Hall–Kier alpha value is -3.02. The molecule has 4 aromatic rings. The van der Waals surface area contributed by atoms with Crippen molar-refractivity contribution in [2.75, 3.05) is 0 Å². The molecule has 6 heteroatoms. The van der Waals surface area contributed by atoms with Gasteiger partial charge in [0.2, 0.25) is 0 Å². The van der Waals surface area contributed by atoms with Crippen LogP contribution in [0.4, 0.5) is 0 Å². The Morgan fingerprint density at radius 2 is 1.90 bits per heavy atom. The molecular weight excluding hydrogens is 266 g/mol. The lowest BCUT2D eigenvalue weighted by molar-refractivity contribution is 0.920. The van der Waals surface area contributed by atoms with Gasteiger partial charge in [-0.2, -0.15) is 5.10 Å². The number of rotatable bonds is 1. The van der Waals surface area contributed by atoms with Crippen LogP contribution in [-0.4, -0.2) is 24.8 Å². The molecule has 0 aliphatic heterocycles. The van der Waals surface area contributed by atoms with Crippen LogP contribution in [0.15, 0.2) is 47.4 Å². The number of pyridine rings is 1. The van der Waals surface area contributed by atoms with E-state index >= 15 is 0 Å². The zero-order valence-electron chi connectivity index (χ0n) is 11.2. The number of aromatic amines is 1. The van der Waals surface area contributed by atoms with Crippen LogP contribution in [-0.2, 0) is 0 Å². The summed E-state index contributed by atoms with van der Waals surface area (Å²) in [4.78, 5) is 14.4. The molecule has 0 unspecified atom stereocenters. The van der Waals surface area contributed by atoms with E-state index in [4.69, 9.17) is 0 Å². The van der Waals surface area contributed by atoms with Crippen molar-refractivity contribution in [2.45, 2.75) is 6.92 Å². The maximum absolute atomic E-state index is 11.8. The lowest BCUT2D eigenvalue weighted by Crippen LogP contribution is -2.10. The van der Waals surface area contributed by atoms with Gasteiger partial charge in [0.25, 0.3) is 5.56 Å². The molecule has 6 nitrogen and oxygen atoms in total. The zero-order chi connectivity index (χ0) is 14.4. The van der Waals surface area contributed by atoms with Crippen LogP contribution in [0.5, 0.6) is 0 Å². The van der Waals surface area contributed by atoms with Crippen LogP contribution in [0.2, 0.25) is 0 Å². The number of aromatic nitrogens is 5. The average molecular weight is 277 g/mol. The second-order valence-electron chi connectivity index (χ2n) is 4.80. The van der Waals surface area contributed by atoms with Crippen LogP contribution in [0.3, 0.4) is 0 Å². The zero-order valence-corrected chi connectivity index (χ0v) is 11.2. The van der Waals surface area contributed by atoms with E-state index in [0.717, 1.165) is 16.8 Å². The number of H-pyrrole nitrogens is 1. The molecule has 0 aliphatic rings. The van der Waals surface area contributed by atoms with Crippen molar-refractivity contribution in [2.24, 2.45) is 0 Å². The molecule has 1 N–H and O–H groups in total. The molecule has 0 atom stereocenters. The van der Waals surface area contributed by atoms with Crippen molar-refractivity contribution in [1.82, 2.24) is 24.8 Å². The number of nitrogens with zero attached hydrogens (tertiary/aromatic N) is 4. The molecule has 0 aliphatic carbocycles. The molecule has 0 radical (unpaired) electrons. The fourth-order valence-electron chi connectivity index (χ4n) is 2.54. The summed E-state index contributed by atoms with van der Waals surface area (Å²) in [7, 11) is 0. The van der Waals surface area contributed by atoms with Gasteiger partial charge in [0, 0.05) is 6.20 Å². The number of aryl methyl sites for hydroxylation is 1. The van der Waals surface area contributed by atoms with Gasteiger partial charge in [-0.1, -0.05) is 30.3 Å². The Balaban J connectivity index is 2.16. The molecular formula is C15H11N5O. The summed E-state index contributed by atoms with van der Waals surface area (Å²) in [5, 5.41) is 12.8. The molecule has 0 saturated heterocycles. The first-order valence-electron chi connectivity index (χ1n) is 6.54. The molecule has 102 valence electrons. The fourth-order valence-corrected chi connectivity index (χ4v) is 2.54. The SMILES string of the molecule is Cc1nn2c(nnc3c(=O)[nH]ccc32)c1-c1ccccc1. The molecule has 21 heavy (non-hydrogen) atoms. The third-order valence-electron chi connectivity index (χ3n) is 3.48. The van der Waals surface area contributed by atoms with Crippen molar-refractivity contribution in [3.05, 3.63) is 58.6 Å². The van der Waals surface area contributed by atoms with Crippen molar-refractivity contribution in [3.8, 4) is 11.1 Å². The highest BCUT2D eigenvalue weighted by molar-refractivity contribution is 5.84. The minimum atomic E-state index is -0.267. The number of hydrogen-bond donors (Lipinski definition) is 1. The molecule has 0 saturated carbocycles. The molecule has 0 spiro atoms. The lowest BCUT2D eigenvalue weighted by Gasteiger charge is -2.00. The third kappa shape index (κ3) is 1.66. The highest BCUT2D eigenvalue weighted by atomic mass is 16.1. The summed E-state index contributed by atoms with van der Waals surface area (Å²) < 4.78 is 1.68. The summed E-state index contributed by atoms with van der Waals surface area (Å²) in [5.41, 5.74) is 4.13. The molecule has 3 heterocycles. The van der Waals surface area contributed by atoms with Gasteiger partial charge in [0.05, 0.1) is 11.3 Å². The Morgan fingerprint density at radius 1 is 1.10 bits per heavy atom. The van der Waals surface area contributed by atoms with Gasteiger partial charge in [0.15, 0.2) is 11.2 Å². The minimum absolute atomic E-state index is 0.267. The van der Waals surface area contributed by atoms with E-state index < -0.39 is 0 Å². The van der Waals surface area contributed by atoms with Gasteiger partial charge in [-0.25, -0.2) is 4.52 Å². The quantitative estimate of drug-likeness (QED) is 0.577. The maximum Gasteiger partial charge on any atom is 0.277 e. The highest BCUT2D eigenvalue weighted by Crippen LogP contribution is 2.27.